The molecule has 0 saturated carbocycles. The van der Waals surface area contributed by atoms with Gasteiger partial charge in [0.25, 0.3) is 0 Å². The molecule has 0 radical (unpaired) electrons. The lowest BCUT2D eigenvalue weighted by Crippen LogP contribution is -2.20. The van der Waals surface area contributed by atoms with Crippen LogP contribution in [0.4, 0.5) is 24.7 Å². The number of anilines is 1. The zero-order chi connectivity index (χ0) is 22.9. The minimum absolute atomic E-state index is 0.0925. The summed E-state index contributed by atoms with van der Waals surface area (Å²) in [5.74, 6) is -0.283. The van der Waals surface area contributed by atoms with Crippen LogP contribution in [-0.2, 0) is 24.1 Å². The number of carbonyl (C=O) groups is 1. The highest BCUT2D eigenvalue weighted by Gasteiger charge is 2.30. The second-order valence-corrected chi connectivity index (χ2v) is 7.01. The van der Waals surface area contributed by atoms with E-state index in [0.29, 0.717) is 11.3 Å². The van der Waals surface area contributed by atoms with Crippen molar-refractivity contribution in [2.45, 2.75) is 40.0 Å². The Hall–Kier alpha value is -3.70. The first-order valence-electron chi connectivity index (χ1n) is 9.14. The number of nitrogens with zero attached hydrogens (tertiary/aromatic N) is 5. The van der Waals surface area contributed by atoms with Gasteiger partial charge in [0, 0.05) is 11.8 Å². The lowest BCUT2D eigenvalue weighted by atomic mass is 10.1. The van der Waals surface area contributed by atoms with Crippen molar-refractivity contribution in [3.05, 3.63) is 68.7 Å². The molecular weight excluding hydrogens is 417 g/mol. The molecule has 0 aliphatic carbocycles. The van der Waals surface area contributed by atoms with Gasteiger partial charge in [0.05, 0.1) is 17.0 Å². The Morgan fingerprint density at radius 2 is 1.87 bits per heavy atom. The van der Waals surface area contributed by atoms with Gasteiger partial charge in [-0.3, -0.25) is 24.3 Å². The van der Waals surface area contributed by atoms with E-state index >= 15 is 0 Å². The minimum Gasteiger partial charge on any atom is -0.308 e. The molecule has 1 aromatic carbocycles. The molecule has 0 saturated heterocycles. The summed E-state index contributed by atoms with van der Waals surface area (Å²) in [6.07, 6.45) is -4.44. The van der Waals surface area contributed by atoms with E-state index < -0.39 is 22.6 Å². The lowest BCUT2D eigenvalue weighted by molar-refractivity contribution is -0.386. The van der Waals surface area contributed by atoms with Crippen molar-refractivity contribution in [2.75, 3.05) is 5.32 Å². The molecular formula is C19H19F3N6O3. The van der Waals surface area contributed by atoms with Crippen molar-refractivity contribution in [1.82, 2.24) is 19.6 Å². The van der Waals surface area contributed by atoms with E-state index in [0.717, 1.165) is 12.1 Å². The third kappa shape index (κ3) is 4.90. The van der Waals surface area contributed by atoms with Crippen LogP contribution in [0.1, 0.15) is 28.2 Å². The zero-order valence-electron chi connectivity index (χ0n) is 16.9. The highest BCUT2D eigenvalue weighted by molar-refractivity contribution is 5.89. The zero-order valence-corrected chi connectivity index (χ0v) is 16.9. The summed E-state index contributed by atoms with van der Waals surface area (Å²) in [6, 6.07) is 6.51. The van der Waals surface area contributed by atoms with Gasteiger partial charge in [-0.25, -0.2) is 0 Å². The SMILES string of the molecule is Cc1nn(CC(=O)Nc2cc(C)n(Cc3cccc(C(F)(F)F)c3)n2)c(C)c1[N+](=O)[O-]. The first-order valence-corrected chi connectivity index (χ1v) is 9.14. The predicted molar refractivity (Wildman–Crippen MR) is 104 cm³/mol. The Balaban J connectivity index is 1.71. The molecule has 0 fully saturated rings. The molecule has 0 spiro atoms. The van der Waals surface area contributed by atoms with Gasteiger partial charge in [0.15, 0.2) is 5.82 Å². The minimum atomic E-state index is -4.44. The van der Waals surface area contributed by atoms with Crippen molar-refractivity contribution in [2.24, 2.45) is 0 Å². The number of amides is 1. The highest BCUT2D eigenvalue weighted by atomic mass is 19.4. The van der Waals surface area contributed by atoms with Crippen molar-refractivity contribution in [3.8, 4) is 0 Å². The molecule has 0 aliphatic heterocycles. The molecule has 2 aromatic heterocycles. The van der Waals surface area contributed by atoms with Crippen molar-refractivity contribution in [1.29, 1.82) is 0 Å². The summed E-state index contributed by atoms with van der Waals surface area (Å²) in [6.45, 7) is 4.54. The van der Waals surface area contributed by atoms with E-state index in [1.54, 1.807) is 19.1 Å². The maximum absolute atomic E-state index is 12.9. The number of hydrogen-bond acceptors (Lipinski definition) is 5. The summed E-state index contributed by atoms with van der Waals surface area (Å²) < 4.78 is 41.4. The summed E-state index contributed by atoms with van der Waals surface area (Å²) in [5, 5.41) is 21.9. The average molecular weight is 436 g/mol. The maximum Gasteiger partial charge on any atom is 0.416 e. The van der Waals surface area contributed by atoms with Gasteiger partial charge in [-0.05, 0) is 38.5 Å². The fourth-order valence-corrected chi connectivity index (χ4v) is 3.17. The van der Waals surface area contributed by atoms with Gasteiger partial charge in [-0.1, -0.05) is 12.1 Å². The number of benzene rings is 1. The quantitative estimate of drug-likeness (QED) is 0.469. The van der Waals surface area contributed by atoms with Gasteiger partial charge in [-0.15, -0.1) is 0 Å². The largest absolute Gasteiger partial charge is 0.416 e. The number of aromatic nitrogens is 4. The molecule has 0 bridgehead atoms. The van der Waals surface area contributed by atoms with Crippen molar-refractivity contribution in [3.63, 3.8) is 0 Å². The lowest BCUT2D eigenvalue weighted by Gasteiger charge is -2.09. The van der Waals surface area contributed by atoms with E-state index in [2.05, 4.69) is 15.5 Å². The van der Waals surface area contributed by atoms with Crippen LogP contribution in [0.5, 0.6) is 0 Å². The van der Waals surface area contributed by atoms with Crippen LogP contribution < -0.4 is 5.32 Å². The molecule has 1 amide bonds. The van der Waals surface area contributed by atoms with Gasteiger partial charge < -0.3 is 5.32 Å². The molecule has 0 unspecified atom stereocenters. The number of hydrogen-bond donors (Lipinski definition) is 1. The third-order valence-corrected chi connectivity index (χ3v) is 4.65. The smallest absolute Gasteiger partial charge is 0.308 e. The van der Waals surface area contributed by atoms with E-state index in [-0.39, 0.29) is 36.0 Å². The van der Waals surface area contributed by atoms with Crippen molar-refractivity contribution >= 4 is 17.4 Å². The number of aryl methyl sites for hydroxylation is 2. The van der Waals surface area contributed by atoms with Gasteiger partial charge >= 0.3 is 11.9 Å². The second-order valence-electron chi connectivity index (χ2n) is 7.01. The Labute approximate surface area is 174 Å². The normalized spacial score (nSPS) is 11.5. The fourth-order valence-electron chi connectivity index (χ4n) is 3.17. The highest BCUT2D eigenvalue weighted by Crippen LogP contribution is 2.29. The molecule has 164 valence electrons. The standard InChI is InChI=1S/C19H19F3N6O3/c1-11-7-16(23-17(29)10-27-13(3)18(28(30)31)12(2)24-27)25-26(11)9-14-5-4-6-15(8-14)19(20,21)22/h4-8H,9-10H2,1-3H3,(H,23,25,29). The Morgan fingerprint density at radius 3 is 2.48 bits per heavy atom. The Bertz CT molecular complexity index is 1150. The van der Waals surface area contributed by atoms with E-state index in [1.807, 2.05) is 0 Å². The number of nitrogens with one attached hydrogen (secondary N) is 1. The molecule has 9 nitrogen and oxygen atoms in total. The number of nitro groups is 1. The Kier molecular flexibility index (Phi) is 5.82. The second kappa shape index (κ2) is 8.20. The topological polar surface area (TPSA) is 108 Å². The monoisotopic (exact) mass is 436 g/mol. The molecule has 1 N–H and O–H groups in total. The van der Waals surface area contributed by atoms with E-state index in [1.165, 1.54) is 29.3 Å². The van der Waals surface area contributed by atoms with Crippen LogP contribution in [-0.4, -0.2) is 30.4 Å². The maximum atomic E-state index is 12.9. The number of carbonyl (C=O) groups excluding carboxylic acids is 1. The first-order chi connectivity index (χ1) is 14.5. The molecule has 2 heterocycles. The van der Waals surface area contributed by atoms with Gasteiger partial charge in [0.2, 0.25) is 5.91 Å². The van der Waals surface area contributed by atoms with Crippen molar-refractivity contribution < 1.29 is 22.9 Å². The predicted octanol–water partition coefficient (Wildman–Crippen LogP) is 3.62. The van der Waals surface area contributed by atoms with Gasteiger partial charge in [-0.2, -0.15) is 23.4 Å². The van der Waals surface area contributed by atoms with Crippen LogP contribution in [0.2, 0.25) is 0 Å². The summed E-state index contributed by atoms with van der Waals surface area (Å²) >= 11 is 0. The molecule has 31 heavy (non-hydrogen) atoms. The number of rotatable bonds is 6. The van der Waals surface area contributed by atoms with Crippen LogP contribution in [0, 0.1) is 30.9 Å². The summed E-state index contributed by atoms with van der Waals surface area (Å²) in [4.78, 5) is 22.9. The summed E-state index contributed by atoms with van der Waals surface area (Å²) in [7, 11) is 0. The average Bonchev–Trinajstić information content (AvgIpc) is 3.12. The molecule has 0 atom stereocenters. The third-order valence-electron chi connectivity index (χ3n) is 4.65. The fraction of sp³-hybridized carbons (Fsp3) is 0.316. The van der Waals surface area contributed by atoms with Crippen LogP contribution >= 0.6 is 0 Å². The molecule has 12 heteroatoms. The van der Waals surface area contributed by atoms with Crippen LogP contribution in [0.3, 0.4) is 0 Å². The number of alkyl halides is 3. The van der Waals surface area contributed by atoms with Crippen LogP contribution in [0.15, 0.2) is 30.3 Å². The first kappa shape index (κ1) is 22.0. The van der Waals surface area contributed by atoms with Gasteiger partial charge in [0.1, 0.15) is 17.9 Å². The Morgan fingerprint density at radius 1 is 1.16 bits per heavy atom. The molecule has 3 aromatic rings. The van der Waals surface area contributed by atoms with Crippen LogP contribution in [0.25, 0.3) is 0 Å². The van der Waals surface area contributed by atoms with E-state index in [4.69, 9.17) is 0 Å². The molecule has 3 rings (SSSR count). The molecule has 0 aliphatic rings. The number of halogens is 3. The summed E-state index contributed by atoms with van der Waals surface area (Å²) in [5.41, 5.74) is 0.611. The van der Waals surface area contributed by atoms with E-state index in [9.17, 15) is 28.1 Å².